The summed E-state index contributed by atoms with van der Waals surface area (Å²) in [6.45, 7) is 3.98. The first-order chi connectivity index (χ1) is 16.2. The summed E-state index contributed by atoms with van der Waals surface area (Å²) in [6, 6.07) is 0. The maximum atomic E-state index is 6.32. The Hall–Kier alpha value is 1.74. The molecule has 0 spiro atoms. The third kappa shape index (κ3) is 12.6. The standard InChI is InChI=1S/C5H11NO.B28/c1-2-6-3-5-7-4-1;1-16(2)23(15)27(24(17(3)4)18(5)6)28(25(19(7)8)20(9)10)26(21(11)12)22(13)14/h6H,1-5H2;. The second-order valence-electron chi connectivity index (χ2n) is 9.22. The average Bonchev–Trinajstić information content (AvgIpc) is 3.02. The van der Waals surface area contributed by atoms with E-state index < -0.39 is 83.0 Å². The lowest BCUT2D eigenvalue weighted by Crippen LogP contribution is -2.87. The van der Waals surface area contributed by atoms with Crippen LogP contribution in [0.2, 0.25) is 0 Å². The van der Waals surface area contributed by atoms with Crippen LogP contribution in [-0.4, -0.2) is 225 Å². The van der Waals surface area contributed by atoms with Crippen molar-refractivity contribution in [3.63, 3.8) is 0 Å². The molecule has 1 N–H and O–H groups in total. The van der Waals surface area contributed by atoms with E-state index in [9.17, 15) is 0 Å². The fourth-order valence-corrected chi connectivity index (χ4v) is 4.78. The highest BCUT2D eigenvalue weighted by molar-refractivity contribution is 8.26. The molecule has 0 aliphatic carbocycles. The van der Waals surface area contributed by atoms with Gasteiger partial charge in [-0.2, -0.15) is 0 Å². The first-order valence-electron chi connectivity index (χ1n) is 11.8. The van der Waals surface area contributed by atoms with Crippen LogP contribution < -0.4 is 5.32 Å². The van der Waals surface area contributed by atoms with Gasteiger partial charge in [-0.1, -0.05) is 0 Å². The Bertz CT molecular complexity index is 464. The lowest BCUT2D eigenvalue weighted by molar-refractivity contribution is 0.151. The number of hydrogen-bond acceptors (Lipinski definition) is 2. The van der Waals surface area contributed by atoms with Crippen LogP contribution in [0.4, 0.5) is 0 Å². The van der Waals surface area contributed by atoms with Crippen molar-refractivity contribution in [2.75, 3.05) is 26.3 Å². The van der Waals surface area contributed by atoms with Crippen molar-refractivity contribution in [1.29, 1.82) is 0 Å². The van der Waals surface area contributed by atoms with E-state index in [1.165, 1.54) is 6.42 Å². The van der Waals surface area contributed by atoms with Gasteiger partial charge in [-0.15, -0.1) is 0 Å². The zero-order valence-corrected chi connectivity index (χ0v) is 20.6. The summed E-state index contributed by atoms with van der Waals surface area (Å²) in [5, 5.41) is 3.22. The molecule has 30 heteroatoms. The molecule has 0 bridgehead atoms. The molecular weight excluding hydrogens is 393 g/mol. The molecule has 2 nitrogen and oxygen atoms in total. The van der Waals surface area contributed by atoms with Crippen LogP contribution in [0.25, 0.3) is 0 Å². The molecule has 30 radical (unpaired) electrons. The van der Waals surface area contributed by atoms with Crippen LogP contribution in [0.15, 0.2) is 0 Å². The van der Waals surface area contributed by atoms with Gasteiger partial charge in [0.2, 0.25) is 0 Å². The van der Waals surface area contributed by atoms with Crippen molar-refractivity contribution >= 4 is 199 Å². The van der Waals surface area contributed by atoms with Crippen molar-refractivity contribution in [2.45, 2.75) is 6.42 Å². The van der Waals surface area contributed by atoms with Crippen LogP contribution in [0.3, 0.4) is 0 Å². The summed E-state index contributed by atoms with van der Waals surface area (Å²) in [5.74, 6) is 0. The molecule has 0 atom stereocenters. The first kappa shape index (κ1) is 36.7. The summed E-state index contributed by atoms with van der Waals surface area (Å²) in [5.41, 5.74) is 0. The lowest BCUT2D eigenvalue weighted by atomic mass is 8.32. The Morgan fingerprint density at radius 3 is 1.11 bits per heavy atom. The zero-order valence-electron chi connectivity index (χ0n) is 20.6. The minimum atomic E-state index is -1.03. The Morgan fingerprint density at radius 1 is 0.400 bits per heavy atom. The van der Waals surface area contributed by atoms with Crippen LogP contribution in [0, 0.1) is 0 Å². The van der Waals surface area contributed by atoms with Crippen molar-refractivity contribution < 1.29 is 4.74 Å². The Morgan fingerprint density at radius 2 is 0.771 bits per heavy atom. The minimum Gasteiger partial charge on any atom is -0.380 e. The molecule has 1 fully saturated rings. The normalized spacial score (nSPS) is 12.3. The highest BCUT2D eigenvalue weighted by Gasteiger charge is 2.50. The number of nitrogens with one attached hydrogen (secondary N) is 1. The number of rotatable bonds is 12. The third-order valence-electron chi connectivity index (χ3n) is 6.40. The smallest absolute Gasteiger partial charge is 0.0590 e. The third-order valence-corrected chi connectivity index (χ3v) is 6.40. The molecule has 35 heavy (non-hydrogen) atoms. The van der Waals surface area contributed by atoms with Gasteiger partial charge in [0.05, 0.1) is 6.61 Å². The van der Waals surface area contributed by atoms with Crippen LogP contribution >= 0.6 is 0 Å². The molecule has 126 valence electrons. The van der Waals surface area contributed by atoms with E-state index in [-0.39, 0.29) is 0 Å². The van der Waals surface area contributed by atoms with E-state index in [1.54, 1.807) is 0 Å². The molecular formula is C5H11B28NO. The van der Waals surface area contributed by atoms with Gasteiger partial charge in [0.1, 0.15) is 0 Å². The molecule has 0 amide bonds. The van der Waals surface area contributed by atoms with Crippen LogP contribution in [0.5, 0.6) is 0 Å². The second-order valence-corrected chi connectivity index (χ2v) is 9.22. The average molecular weight is 404 g/mol. The van der Waals surface area contributed by atoms with Crippen LogP contribution in [-0.2, 0) is 4.74 Å². The molecule has 0 aromatic heterocycles. The molecule has 0 aromatic carbocycles. The fraction of sp³-hybridized carbons (Fsp3) is 1.00. The monoisotopic (exact) mass is 409 g/mol. The van der Waals surface area contributed by atoms with Gasteiger partial charge < -0.3 is 10.1 Å². The summed E-state index contributed by atoms with van der Waals surface area (Å²) < 4.78 is 5.13. The van der Waals surface area contributed by atoms with Gasteiger partial charge in [0.25, 0.3) is 0 Å². The molecule has 1 heterocycles. The summed E-state index contributed by atoms with van der Waals surface area (Å²) in [6.07, 6.45) is -11.1. The highest BCUT2D eigenvalue weighted by Crippen LogP contribution is 2.12. The zero-order chi connectivity index (χ0) is 27.5. The van der Waals surface area contributed by atoms with E-state index in [2.05, 4.69) is 5.32 Å². The van der Waals surface area contributed by atoms with Crippen molar-refractivity contribution in [3.05, 3.63) is 0 Å². The SMILES string of the molecule is C1CNCCOC1.[B]B([B])B([B])B(B(B([B])[B])B([B])[B])B(B(B([B])[B])B([B])[B])B(B([B])[B])B([B])[B]. The topological polar surface area (TPSA) is 21.3 Å². The van der Waals surface area contributed by atoms with Gasteiger partial charge in [-0.3, -0.25) is 0 Å². The minimum absolute atomic E-state index is 0.807. The summed E-state index contributed by atoms with van der Waals surface area (Å²) in [4.78, 5) is 0. The first-order valence-corrected chi connectivity index (χ1v) is 11.8. The molecule has 1 aliphatic heterocycles. The van der Waals surface area contributed by atoms with E-state index in [0.717, 1.165) is 26.3 Å². The summed E-state index contributed by atoms with van der Waals surface area (Å²) in [7, 11) is 89.6. The van der Waals surface area contributed by atoms with Gasteiger partial charge in [-0.25, -0.2) is 0 Å². The fourth-order valence-electron chi connectivity index (χ4n) is 4.78. The molecule has 1 aliphatic rings. The Balaban J connectivity index is 0.00000140. The Labute approximate surface area is 240 Å². The van der Waals surface area contributed by atoms with Gasteiger partial charge in [0, 0.05) is 212 Å². The molecule has 1 rings (SSSR count). The highest BCUT2D eigenvalue weighted by atomic mass is 16.5. The molecule has 0 aromatic rings. The van der Waals surface area contributed by atoms with E-state index in [4.69, 9.17) is 121 Å². The van der Waals surface area contributed by atoms with Crippen LogP contribution in [0.1, 0.15) is 6.42 Å². The van der Waals surface area contributed by atoms with Gasteiger partial charge in [0.15, 0.2) is 0 Å². The van der Waals surface area contributed by atoms with E-state index in [0.29, 0.717) is 0 Å². The van der Waals surface area contributed by atoms with Gasteiger partial charge in [-0.05, 0) is 13.0 Å². The maximum Gasteiger partial charge on any atom is 0.0590 e. The van der Waals surface area contributed by atoms with E-state index >= 15 is 0 Å². The summed E-state index contributed by atoms with van der Waals surface area (Å²) >= 11 is 0. The Kier molecular flexibility index (Phi) is 19.9. The van der Waals surface area contributed by atoms with Gasteiger partial charge >= 0.3 is 0 Å². The molecule has 0 unspecified atom stereocenters. The van der Waals surface area contributed by atoms with Crippen molar-refractivity contribution in [1.82, 2.24) is 5.32 Å². The largest absolute Gasteiger partial charge is 0.380 e. The second kappa shape index (κ2) is 18.9. The van der Waals surface area contributed by atoms with Crippen molar-refractivity contribution in [2.24, 2.45) is 0 Å². The number of ether oxygens (including phenoxy) is 1. The molecule has 1 saturated heterocycles. The molecule has 0 saturated carbocycles. The van der Waals surface area contributed by atoms with E-state index in [1.807, 2.05) is 0 Å². The predicted molar refractivity (Wildman–Crippen MR) is 189 cm³/mol. The number of hydrogen-bond donors (Lipinski definition) is 1. The quantitative estimate of drug-likeness (QED) is 0.327. The maximum absolute atomic E-state index is 6.32. The predicted octanol–water partition coefficient (Wildman–Crippen LogP) is -10.7. The van der Waals surface area contributed by atoms with Crippen molar-refractivity contribution in [3.8, 4) is 0 Å². The lowest BCUT2D eigenvalue weighted by Gasteiger charge is -2.49.